The lowest BCUT2D eigenvalue weighted by atomic mass is 9.93. The third kappa shape index (κ3) is 3.66. The summed E-state index contributed by atoms with van der Waals surface area (Å²) in [6.45, 7) is 6.30. The van der Waals surface area contributed by atoms with Crippen molar-refractivity contribution in [3.8, 4) is 5.75 Å². The molecule has 0 aliphatic rings. The number of hydrogen-bond acceptors (Lipinski definition) is 2. The number of halogens is 1. The quantitative estimate of drug-likeness (QED) is 0.870. The van der Waals surface area contributed by atoms with E-state index in [4.69, 9.17) is 4.74 Å². The van der Waals surface area contributed by atoms with E-state index >= 15 is 0 Å². The fourth-order valence-corrected chi connectivity index (χ4v) is 3.25. The van der Waals surface area contributed by atoms with E-state index in [0.29, 0.717) is 6.42 Å². The van der Waals surface area contributed by atoms with Gasteiger partial charge in [0.05, 0.1) is 13.2 Å². The van der Waals surface area contributed by atoms with Crippen LogP contribution in [-0.2, 0) is 6.42 Å². The molecule has 0 saturated heterocycles. The normalized spacial score (nSPS) is 12.3. The highest BCUT2D eigenvalue weighted by Gasteiger charge is 2.16. The molecule has 21 heavy (non-hydrogen) atoms. The maximum atomic E-state index is 10.6. The Morgan fingerprint density at radius 3 is 2.29 bits per heavy atom. The van der Waals surface area contributed by atoms with Gasteiger partial charge in [0.1, 0.15) is 5.75 Å². The molecule has 0 heterocycles. The van der Waals surface area contributed by atoms with Crippen molar-refractivity contribution < 1.29 is 9.84 Å². The van der Waals surface area contributed by atoms with Crippen molar-refractivity contribution in [3.05, 3.63) is 62.6 Å². The van der Waals surface area contributed by atoms with E-state index in [9.17, 15) is 5.11 Å². The van der Waals surface area contributed by atoms with E-state index in [2.05, 4.69) is 48.8 Å². The molecule has 2 nitrogen and oxygen atoms in total. The summed E-state index contributed by atoms with van der Waals surface area (Å²) < 4.78 is 6.14. The highest BCUT2D eigenvalue weighted by molar-refractivity contribution is 9.10. The summed E-state index contributed by atoms with van der Waals surface area (Å²) in [5.41, 5.74) is 5.78. The highest BCUT2D eigenvalue weighted by Crippen LogP contribution is 2.31. The monoisotopic (exact) mass is 348 g/mol. The Balaban J connectivity index is 2.32. The zero-order chi connectivity index (χ0) is 15.6. The molecule has 2 aromatic rings. The Morgan fingerprint density at radius 1 is 1.10 bits per heavy atom. The van der Waals surface area contributed by atoms with Crippen molar-refractivity contribution in [2.24, 2.45) is 0 Å². The second-order valence-corrected chi connectivity index (χ2v) is 6.34. The SMILES string of the molecule is COc1ccc(Br)c(C(O)Cc2c(C)cc(C)cc2C)c1. The standard InChI is InChI=1S/C18H21BrO2/c1-11-7-12(2)15(13(3)8-11)10-18(20)16-9-14(21-4)5-6-17(16)19/h5-9,18,20H,10H2,1-4H3. The van der Waals surface area contributed by atoms with Crippen LogP contribution in [0.2, 0.25) is 0 Å². The van der Waals surface area contributed by atoms with Crippen LogP contribution >= 0.6 is 15.9 Å². The molecule has 3 heteroatoms. The molecule has 2 rings (SSSR count). The minimum absolute atomic E-state index is 0.561. The average molecular weight is 349 g/mol. The first-order chi connectivity index (χ1) is 9.92. The van der Waals surface area contributed by atoms with Crippen molar-refractivity contribution >= 4 is 15.9 Å². The molecule has 0 spiro atoms. The summed E-state index contributed by atoms with van der Waals surface area (Å²) in [5.74, 6) is 0.754. The molecule has 2 aromatic carbocycles. The van der Waals surface area contributed by atoms with E-state index in [1.54, 1.807) is 7.11 Å². The number of rotatable bonds is 4. The van der Waals surface area contributed by atoms with Crippen LogP contribution in [0.5, 0.6) is 5.75 Å². The molecule has 1 atom stereocenters. The molecular formula is C18H21BrO2. The van der Waals surface area contributed by atoms with Crippen LogP contribution in [0, 0.1) is 20.8 Å². The molecular weight excluding hydrogens is 328 g/mol. The molecule has 0 aliphatic carbocycles. The van der Waals surface area contributed by atoms with Crippen molar-refractivity contribution in [1.29, 1.82) is 0 Å². The Labute approximate surface area is 134 Å². The topological polar surface area (TPSA) is 29.5 Å². The molecule has 0 saturated carbocycles. The lowest BCUT2D eigenvalue weighted by Crippen LogP contribution is -2.06. The Bertz CT molecular complexity index is 627. The van der Waals surface area contributed by atoms with Gasteiger partial charge in [0, 0.05) is 10.9 Å². The van der Waals surface area contributed by atoms with Gasteiger partial charge in [-0.2, -0.15) is 0 Å². The predicted octanol–water partition coefficient (Wildman–Crippen LogP) is 4.66. The van der Waals surface area contributed by atoms with Gasteiger partial charge >= 0.3 is 0 Å². The minimum Gasteiger partial charge on any atom is -0.497 e. The first kappa shape index (κ1) is 16.1. The summed E-state index contributed by atoms with van der Waals surface area (Å²) in [6.07, 6.45) is 0.0403. The first-order valence-electron chi connectivity index (χ1n) is 7.00. The van der Waals surface area contributed by atoms with Gasteiger partial charge < -0.3 is 9.84 Å². The van der Waals surface area contributed by atoms with Gasteiger partial charge in [0.2, 0.25) is 0 Å². The lowest BCUT2D eigenvalue weighted by Gasteiger charge is -2.18. The van der Waals surface area contributed by atoms with Crippen LogP contribution in [0.4, 0.5) is 0 Å². The maximum absolute atomic E-state index is 10.6. The number of ether oxygens (including phenoxy) is 1. The fourth-order valence-electron chi connectivity index (χ4n) is 2.74. The molecule has 1 unspecified atom stereocenters. The summed E-state index contributed by atoms with van der Waals surface area (Å²) in [7, 11) is 1.63. The van der Waals surface area contributed by atoms with E-state index in [1.165, 1.54) is 22.3 Å². The van der Waals surface area contributed by atoms with E-state index in [1.807, 2.05) is 18.2 Å². The molecule has 0 radical (unpaired) electrons. The van der Waals surface area contributed by atoms with Gasteiger partial charge in [0.15, 0.2) is 0 Å². The van der Waals surface area contributed by atoms with Crippen LogP contribution in [0.15, 0.2) is 34.8 Å². The van der Waals surface area contributed by atoms with Gasteiger partial charge in [-0.15, -0.1) is 0 Å². The minimum atomic E-state index is -0.561. The zero-order valence-corrected chi connectivity index (χ0v) is 14.5. The third-order valence-corrected chi connectivity index (χ3v) is 4.52. The number of benzene rings is 2. The number of aliphatic hydroxyl groups is 1. The molecule has 0 fully saturated rings. The van der Waals surface area contributed by atoms with E-state index in [-0.39, 0.29) is 0 Å². The Morgan fingerprint density at radius 2 is 1.71 bits per heavy atom. The fraction of sp³-hybridized carbons (Fsp3) is 0.333. The molecule has 0 bridgehead atoms. The smallest absolute Gasteiger partial charge is 0.119 e. The Kier molecular flexibility index (Phi) is 5.07. The predicted molar refractivity (Wildman–Crippen MR) is 90.0 cm³/mol. The number of aliphatic hydroxyl groups excluding tert-OH is 1. The number of aryl methyl sites for hydroxylation is 3. The zero-order valence-electron chi connectivity index (χ0n) is 12.9. The average Bonchev–Trinajstić information content (AvgIpc) is 2.43. The first-order valence-corrected chi connectivity index (χ1v) is 7.80. The molecule has 0 aromatic heterocycles. The van der Waals surface area contributed by atoms with E-state index in [0.717, 1.165) is 15.8 Å². The van der Waals surface area contributed by atoms with Gasteiger partial charge in [-0.3, -0.25) is 0 Å². The molecule has 0 aliphatic heterocycles. The summed E-state index contributed by atoms with van der Waals surface area (Å²) in [5, 5.41) is 10.6. The Hall–Kier alpha value is -1.32. The van der Waals surface area contributed by atoms with Crippen LogP contribution in [0.3, 0.4) is 0 Å². The maximum Gasteiger partial charge on any atom is 0.119 e. The number of hydrogen-bond donors (Lipinski definition) is 1. The molecule has 0 amide bonds. The van der Waals surface area contributed by atoms with Crippen LogP contribution in [0.1, 0.15) is 33.9 Å². The lowest BCUT2D eigenvalue weighted by molar-refractivity contribution is 0.177. The molecule has 1 N–H and O–H groups in total. The summed E-state index contributed by atoms with van der Waals surface area (Å²) >= 11 is 3.51. The molecule has 112 valence electrons. The van der Waals surface area contributed by atoms with Gasteiger partial charge in [-0.05, 0) is 61.2 Å². The van der Waals surface area contributed by atoms with Crippen LogP contribution in [-0.4, -0.2) is 12.2 Å². The van der Waals surface area contributed by atoms with Crippen molar-refractivity contribution in [3.63, 3.8) is 0 Å². The van der Waals surface area contributed by atoms with Gasteiger partial charge in [-0.1, -0.05) is 33.6 Å². The van der Waals surface area contributed by atoms with Gasteiger partial charge in [-0.25, -0.2) is 0 Å². The van der Waals surface area contributed by atoms with Crippen molar-refractivity contribution in [2.75, 3.05) is 7.11 Å². The summed E-state index contributed by atoms with van der Waals surface area (Å²) in [6, 6.07) is 9.99. The number of methoxy groups -OCH3 is 1. The third-order valence-electron chi connectivity index (χ3n) is 3.80. The second kappa shape index (κ2) is 6.63. The highest BCUT2D eigenvalue weighted by atomic mass is 79.9. The van der Waals surface area contributed by atoms with Crippen LogP contribution in [0.25, 0.3) is 0 Å². The van der Waals surface area contributed by atoms with Crippen molar-refractivity contribution in [1.82, 2.24) is 0 Å². The van der Waals surface area contributed by atoms with E-state index < -0.39 is 6.10 Å². The largest absolute Gasteiger partial charge is 0.497 e. The van der Waals surface area contributed by atoms with Crippen molar-refractivity contribution in [2.45, 2.75) is 33.3 Å². The van der Waals surface area contributed by atoms with Gasteiger partial charge in [0.25, 0.3) is 0 Å². The summed E-state index contributed by atoms with van der Waals surface area (Å²) in [4.78, 5) is 0. The van der Waals surface area contributed by atoms with Crippen LogP contribution < -0.4 is 4.74 Å². The second-order valence-electron chi connectivity index (χ2n) is 5.48.